The summed E-state index contributed by atoms with van der Waals surface area (Å²) >= 11 is 0. The van der Waals surface area contributed by atoms with Crippen LogP contribution in [-0.4, -0.2) is 48.1 Å². The van der Waals surface area contributed by atoms with E-state index in [1.807, 2.05) is 0 Å². The number of benzene rings is 2. The van der Waals surface area contributed by atoms with Crippen LogP contribution in [0.2, 0.25) is 0 Å². The number of nitrogens with one attached hydrogen (secondary N) is 1. The number of amides is 1. The Balaban J connectivity index is 1.74. The average molecular weight is 400 g/mol. The highest BCUT2D eigenvalue weighted by molar-refractivity contribution is 5.84. The molecule has 3 N–H and O–H groups in total. The van der Waals surface area contributed by atoms with Crippen LogP contribution in [0, 0.1) is 10.1 Å². The first kappa shape index (κ1) is 20.1. The number of nitrogens with zero attached hydrogens (tertiary/aromatic N) is 2. The lowest BCUT2D eigenvalue weighted by molar-refractivity contribution is -0.384. The Labute approximate surface area is 166 Å². The Morgan fingerprint density at radius 3 is 2.28 bits per heavy atom. The lowest BCUT2D eigenvalue weighted by atomic mass is 10.1. The highest BCUT2D eigenvalue weighted by atomic mass is 16.7. The summed E-state index contributed by atoms with van der Waals surface area (Å²) in [4.78, 5) is 37.0. The zero-order valence-electron chi connectivity index (χ0n) is 15.4. The van der Waals surface area contributed by atoms with Gasteiger partial charge in [0.1, 0.15) is 5.75 Å². The Hall–Kier alpha value is -3.66. The maximum Gasteiger partial charge on any atom is 0.514 e. The topological polar surface area (TPSA) is 137 Å². The van der Waals surface area contributed by atoms with Crippen molar-refractivity contribution in [2.75, 3.05) is 31.9 Å². The van der Waals surface area contributed by atoms with Crippen molar-refractivity contribution in [1.29, 1.82) is 0 Å². The number of nitrogens with two attached hydrogens (primary N) is 1. The third-order valence-corrected chi connectivity index (χ3v) is 4.35. The molecule has 3 rings (SSSR count). The smallest absolute Gasteiger partial charge is 0.416 e. The van der Waals surface area contributed by atoms with Gasteiger partial charge in [0.2, 0.25) is 6.10 Å². The van der Waals surface area contributed by atoms with E-state index in [4.69, 9.17) is 15.2 Å². The molecule has 1 aliphatic heterocycles. The number of ether oxygens (including phenoxy) is 2. The first-order valence-corrected chi connectivity index (χ1v) is 8.92. The Morgan fingerprint density at radius 2 is 1.69 bits per heavy atom. The fourth-order valence-electron chi connectivity index (χ4n) is 2.84. The molecule has 10 nitrogen and oxygen atoms in total. The average Bonchev–Trinajstić information content (AvgIpc) is 2.73. The number of non-ortho nitro benzene ring substituents is 1. The number of piperazine rings is 1. The van der Waals surface area contributed by atoms with E-state index >= 15 is 0 Å². The SMILES string of the molecule is Nc1ccc(C(OC(=O)Oc2ccc([N+](=O)[O-])cc2)C(=O)N2CCNCC2)cc1. The molecule has 0 aromatic heterocycles. The summed E-state index contributed by atoms with van der Waals surface area (Å²) in [6.45, 7) is 2.27. The second-order valence-electron chi connectivity index (χ2n) is 6.34. The summed E-state index contributed by atoms with van der Waals surface area (Å²) in [7, 11) is 0. The quantitative estimate of drug-likeness (QED) is 0.255. The molecule has 0 spiro atoms. The van der Waals surface area contributed by atoms with E-state index in [1.165, 1.54) is 24.3 Å². The first-order valence-electron chi connectivity index (χ1n) is 8.92. The van der Waals surface area contributed by atoms with Crippen LogP contribution in [0.25, 0.3) is 0 Å². The summed E-state index contributed by atoms with van der Waals surface area (Å²) in [6, 6.07) is 11.4. The van der Waals surface area contributed by atoms with Gasteiger partial charge in [-0.05, 0) is 24.3 Å². The summed E-state index contributed by atoms with van der Waals surface area (Å²) in [5, 5.41) is 13.9. The van der Waals surface area contributed by atoms with Gasteiger partial charge < -0.3 is 25.4 Å². The Kier molecular flexibility index (Phi) is 6.25. The minimum Gasteiger partial charge on any atom is -0.416 e. The molecule has 1 fully saturated rings. The summed E-state index contributed by atoms with van der Waals surface area (Å²) in [5.41, 5.74) is 6.53. The predicted molar refractivity (Wildman–Crippen MR) is 103 cm³/mol. The molecule has 1 saturated heterocycles. The number of anilines is 1. The molecular weight excluding hydrogens is 380 g/mol. The van der Waals surface area contributed by atoms with E-state index in [0.29, 0.717) is 37.4 Å². The zero-order valence-corrected chi connectivity index (χ0v) is 15.4. The van der Waals surface area contributed by atoms with E-state index in [2.05, 4.69) is 5.32 Å². The molecule has 1 aliphatic rings. The minimum absolute atomic E-state index is 0.0614. The van der Waals surface area contributed by atoms with Crippen molar-refractivity contribution in [1.82, 2.24) is 10.2 Å². The molecule has 1 amide bonds. The van der Waals surface area contributed by atoms with Gasteiger partial charge in [-0.1, -0.05) is 12.1 Å². The molecule has 0 aliphatic carbocycles. The van der Waals surface area contributed by atoms with Crippen LogP contribution in [0.5, 0.6) is 5.75 Å². The second-order valence-corrected chi connectivity index (χ2v) is 6.34. The molecule has 0 bridgehead atoms. The molecule has 10 heteroatoms. The van der Waals surface area contributed by atoms with Gasteiger partial charge in [-0.2, -0.15) is 0 Å². The number of hydrogen-bond acceptors (Lipinski definition) is 8. The van der Waals surface area contributed by atoms with Crippen molar-refractivity contribution in [3.05, 3.63) is 64.2 Å². The van der Waals surface area contributed by atoms with Gasteiger partial charge in [-0.3, -0.25) is 14.9 Å². The molecule has 1 unspecified atom stereocenters. The zero-order chi connectivity index (χ0) is 20.8. The molecule has 1 atom stereocenters. The van der Waals surface area contributed by atoms with E-state index in [9.17, 15) is 19.7 Å². The van der Waals surface area contributed by atoms with E-state index in [-0.39, 0.29) is 17.3 Å². The summed E-state index contributed by atoms with van der Waals surface area (Å²) < 4.78 is 10.4. The number of hydrogen-bond donors (Lipinski definition) is 2. The lowest BCUT2D eigenvalue weighted by Crippen LogP contribution is -2.48. The van der Waals surface area contributed by atoms with Crippen LogP contribution in [0.4, 0.5) is 16.2 Å². The number of nitrogen functional groups attached to an aromatic ring is 1. The highest BCUT2D eigenvalue weighted by Gasteiger charge is 2.31. The molecule has 152 valence electrons. The normalized spacial score (nSPS) is 14.7. The standard InChI is InChI=1S/C19H20N4O6/c20-14-3-1-13(2-4-14)17(18(24)22-11-9-21-10-12-22)29-19(25)28-16-7-5-15(6-8-16)23(26)27/h1-8,17,21H,9-12,20H2. The second kappa shape index (κ2) is 9.02. The molecular formula is C19H20N4O6. The predicted octanol–water partition coefficient (Wildman–Crippen LogP) is 1.87. The van der Waals surface area contributed by atoms with Gasteiger partial charge in [0.25, 0.3) is 11.6 Å². The van der Waals surface area contributed by atoms with Crippen molar-refractivity contribution >= 4 is 23.4 Å². The first-order chi connectivity index (χ1) is 13.9. The van der Waals surface area contributed by atoms with Crippen molar-refractivity contribution in [3.63, 3.8) is 0 Å². The number of carbonyl (C=O) groups is 2. The summed E-state index contributed by atoms with van der Waals surface area (Å²) in [6.07, 6.45) is -2.29. The number of carbonyl (C=O) groups excluding carboxylic acids is 2. The fraction of sp³-hybridized carbons (Fsp3) is 0.263. The fourth-order valence-corrected chi connectivity index (χ4v) is 2.84. The van der Waals surface area contributed by atoms with Crippen LogP contribution in [-0.2, 0) is 9.53 Å². The summed E-state index contributed by atoms with van der Waals surface area (Å²) in [5.74, 6) is -0.303. The lowest BCUT2D eigenvalue weighted by Gasteiger charge is -2.30. The number of nitro groups is 1. The highest BCUT2D eigenvalue weighted by Crippen LogP contribution is 2.24. The largest absolute Gasteiger partial charge is 0.514 e. The third kappa shape index (κ3) is 5.20. The Bertz CT molecular complexity index is 879. The third-order valence-electron chi connectivity index (χ3n) is 4.35. The molecule has 29 heavy (non-hydrogen) atoms. The van der Waals surface area contributed by atoms with Crippen molar-refractivity contribution in [3.8, 4) is 5.75 Å². The van der Waals surface area contributed by atoms with Crippen LogP contribution >= 0.6 is 0 Å². The van der Waals surface area contributed by atoms with Crippen LogP contribution in [0.1, 0.15) is 11.7 Å². The maximum atomic E-state index is 13.0. The maximum absolute atomic E-state index is 13.0. The molecule has 0 radical (unpaired) electrons. The Morgan fingerprint density at radius 1 is 1.07 bits per heavy atom. The van der Waals surface area contributed by atoms with Gasteiger partial charge >= 0.3 is 6.16 Å². The monoisotopic (exact) mass is 400 g/mol. The van der Waals surface area contributed by atoms with Crippen LogP contribution < -0.4 is 15.8 Å². The number of rotatable bonds is 5. The van der Waals surface area contributed by atoms with Gasteiger partial charge in [0.05, 0.1) is 4.92 Å². The van der Waals surface area contributed by atoms with Gasteiger partial charge in [-0.25, -0.2) is 4.79 Å². The molecule has 2 aromatic carbocycles. The van der Waals surface area contributed by atoms with Gasteiger partial charge in [0.15, 0.2) is 0 Å². The van der Waals surface area contributed by atoms with Gasteiger partial charge in [0, 0.05) is 49.6 Å². The van der Waals surface area contributed by atoms with Crippen molar-refractivity contribution in [2.24, 2.45) is 0 Å². The van der Waals surface area contributed by atoms with E-state index in [0.717, 1.165) is 0 Å². The van der Waals surface area contributed by atoms with Crippen LogP contribution in [0.15, 0.2) is 48.5 Å². The molecule has 0 saturated carbocycles. The van der Waals surface area contributed by atoms with Crippen molar-refractivity contribution in [2.45, 2.75) is 6.10 Å². The molecule has 1 heterocycles. The minimum atomic E-state index is -1.20. The number of nitro benzene ring substituents is 1. The van der Waals surface area contributed by atoms with Crippen LogP contribution in [0.3, 0.4) is 0 Å². The van der Waals surface area contributed by atoms with Gasteiger partial charge in [-0.15, -0.1) is 0 Å². The molecule has 2 aromatic rings. The van der Waals surface area contributed by atoms with E-state index in [1.54, 1.807) is 29.2 Å². The van der Waals surface area contributed by atoms with Crippen molar-refractivity contribution < 1.29 is 24.0 Å². The van der Waals surface area contributed by atoms with E-state index < -0.39 is 17.2 Å².